The van der Waals surface area contributed by atoms with Gasteiger partial charge in [0.2, 0.25) is 0 Å². The SMILES string of the molecule is CCn1c(=O)c2c(ncn2[C@H](C)c2ccccc2)n(-c2ccc(C(C)C)cc2)c1=O. The number of hydrogen-bond donors (Lipinski definition) is 0. The molecule has 4 rings (SSSR count). The Morgan fingerprint density at radius 2 is 1.57 bits per heavy atom. The third-order valence-electron chi connectivity index (χ3n) is 5.69. The van der Waals surface area contributed by atoms with Crippen LogP contribution >= 0.6 is 0 Å². The maximum absolute atomic E-state index is 13.2. The lowest BCUT2D eigenvalue weighted by atomic mass is 10.0. The van der Waals surface area contributed by atoms with Crippen LogP contribution in [0, 0.1) is 0 Å². The van der Waals surface area contributed by atoms with Crippen molar-refractivity contribution in [2.45, 2.75) is 46.2 Å². The first-order chi connectivity index (χ1) is 14.4. The van der Waals surface area contributed by atoms with E-state index in [1.165, 1.54) is 10.1 Å². The zero-order valence-corrected chi connectivity index (χ0v) is 17.7. The van der Waals surface area contributed by atoms with Gasteiger partial charge in [-0.15, -0.1) is 0 Å². The maximum atomic E-state index is 13.2. The molecule has 0 bridgehead atoms. The third kappa shape index (κ3) is 3.18. The predicted octanol–water partition coefficient (Wildman–Crippen LogP) is 4.10. The molecule has 2 aromatic heterocycles. The monoisotopic (exact) mass is 402 g/mol. The lowest BCUT2D eigenvalue weighted by molar-refractivity contribution is 0.631. The van der Waals surface area contributed by atoms with Crippen molar-refractivity contribution >= 4 is 11.2 Å². The van der Waals surface area contributed by atoms with Crippen LogP contribution in [0.3, 0.4) is 0 Å². The van der Waals surface area contributed by atoms with Crippen LogP contribution in [-0.2, 0) is 6.54 Å². The number of fused-ring (bicyclic) bond motifs is 1. The molecular formula is C24H26N4O2. The van der Waals surface area contributed by atoms with Gasteiger partial charge in [-0.25, -0.2) is 14.3 Å². The summed E-state index contributed by atoms with van der Waals surface area (Å²) in [5.74, 6) is 0.395. The lowest BCUT2D eigenvalue weighted by Crippen LogP contribution is -2.39. The molecule has 0 aliphatic rings. The van der Waals surface area contributed by atoms with Gasteiger partial charge in [0.05, 0.1) is 18.1 Å². The maximum Gasteiger partial charge on any atom is 0.337 e. The van der Waals surface area contributed by atoms with Crippen molar-refractivity contribution in [1.29, 1.82) is 0 Å². The van der Waals surface area contributed by atoms with Crippen LogP contribution < -0.4 is 11.2 Å². The normalized spacial score (nSPS) is 12.6. The highest BCUT2D eigenvalue weighted by molar-refractivity contribution is 5.73. The van der Waals surface area contributed by atoms with E-state index >= 15 is 0 Å². The molecule has 0 N–H and O–H groups in total. The van der Waals surface area contributed by atoms with Crippen molar-refractivity contribution in [2.24, 2.45) is 0 Å². The third-order valence-corrected chi connectivity index (χ3v) is 5.69. The molecule has 1 atom stereocenters. The highest BCUT2D eigenvalue weighted by Gasteiger charge is 2.21. The molecule has 30 heavy (non-hydrogen) atoms. The first-order valence-corrected chi connectivity index (χ1v) is 10.3. The van der Waals surface area contributed by atoms with E-state index in [1.54, 1.807) is 10.9 Å². The highest BCUT2D eigenvalue weighted by atomic mass is 16.2. The smallest absolute Gasteiger partial charge is 0.317 e. The van der Waals surface area contributed by atoms with Crippen molar-refractivity contribution in [3.63, 3.8) is 0 Å². The second-order valence-electron chi connectivity index (χ2n) is 7.82. The Kier molecular flexibility index (Phi) is 5.16. The first-order valence-electron chi connectivity index (χ1n) is 10.3. The van der Waals surface area contributed by atoms with Gasteiger partial charge < -0.3 is 4.57 Å². The molecule has 0 amide bonds. The van der Waals surface area contributed by atoms with E-state index in [0.29, 0.717) is 29.3 Å². The van der Waals surface area contributed by atoms with Crippen molar-refractivity contribution in [3.8, 4) is 5.69 Å². The molecule has 0 unspecified atom stereocenters. The fourth-order valence-corrected chi connectivity index (χ4v) is 3.85. The Hall–Kier alpha value is -3.41. The molecule has 6 nitrogen and oxygen atoms in total. The van der Waals surface area contributed by atoms with Crippen molar-refractivity contribution in [3.05, 3.63) is 92.9 Å². The van der Waals surface area contributed by atoms with Gasteiger partial charge in [-0.3, -0.25) is 9.36 Å². The van der Waals surface area contributed by atoms with E-state index in [0.717, 1.165) is 5.56 Å². The van der Waals surface area contributed by atoms with Crippen molar-refractivity contribution < 1.29 is 0 Å². The molecule has 154 valence electrons. The van der Waals surface area contributed by atoms with Gasteiger partial charge in [0.25, 0.3) is 5.56 Å². The Morgan fingerprint density at radius 1 is 0.900 bits per heavy atom. The van der Waals surface area contributed by atoms with Crippen LogP contribution in [0.15, 0.2) is 70.5 Å². The Bertz CT molecular complexity index is 1300. The molecule has 4 aromatic rings. The summed E-state index contributed by atoms with van der Waals surface area (Å²) in [5.41, 5.74) is 3.09. The number of aromatic nitrogens is 4. The summed E-state index contributed by atoms with van der Waals surface area (Å²) in [6.07, 6.45) is 1.65. The van der Waals surface area contributed by atoms with Crippen LogP contribution in [0.2, 0.25) is 0 Å². The molecule has 0 aliphatic carbocycles. The van der Waals surface area contributed by atoms with Gasteiger partial charge in [0.1, 0.15) is 0 Å². The summed E-state index contributed by atoms with van der Waals surface area (Å²) in [5, 5.41) is 0. The predicted molar refractivity (Wildman–Crippen MR) is 120 cm³/mol. The summed E-state index contributed by atoms with van der Waals surface area (Å²) in [6, 6.07) is 17.7. The van der Waals surface area contributed by atoms with Crippen LogP contribution in [0.25, 0.3) is 16.9 Å². The molecule has 0 aliphatic heterocycles. The second kappa shape index (κ2) is 7.78. The van der Waals surface area contributed by atoms with E-state index in [2.05, 4.69) is 18.8 Å². The highest BCUT2D eigenvalue weighted by Crippen LogP contribution is 2.23. The minimum Gasteiger partial charge on any atom is -0.317 e. The second-order valence-corrected chi connectivity index (χ2v) is 7.82. The zero-order chi connectivity index (χ0) is 21.4. The van der Waals surface area contributed by atoms with E-state index in [1.807, 2.05) is 73.0 Å². The largest absolute Gasteiger partial charge is 0.337 e. The summed E-state index contributed by atoms with van der Waals surface area (Å²) in [6.45, 7) is 8.39. The van der Waals surface area contributed by atoms with Gasteiger partial charge in [0.15, 0.2) is 11.2 Å². The van der Waals surface area contributed by atoms with Crippen LogP contribution in [-0.4, -0.2) is 18.7 Å². The van der Waals surface area contributed by atoms with E-state index in [9.17, 15) is 9.59 Å². The summed E-state index contributed by atoms with van der Waals surface area (Å²) in [4.78, 5) is 30.9. The average Bonchev–Trinajstić information content (AvgIpc) is 3.19. The van der Waals surface area contributed by atoms with Gasteiger partial charge in [-0.2, -0.15) is 0 Å². The zero-order valence-electron chi connectivity index (χ0n) is 17.7. The van der Waals surface area contributed by atoms with E-state index in [-0.39, 0.29) is 17.3 Å². The molecule has 0 saturated heterocycles. The quantitative estimate of drug-likeness (QED) is 0.505. The number of imidazole rings is 1. The fraction of sp³-hybridized carbons (Fsp3) is 0.292. The minimum absolute atomic E-state index is 0.0940. The van der Waals surface area contributed by atoms with Crippen molar-refractivity contribution in [1.82, 2.24) is 18.7 Å². The summed E-state index contributed by atoms with van der Waals surface area (Å²) >= 11 is 0. The Labute approximate surface area is 175 Å². The minimum atomic E-state index is -0.370. The fourth-order valence-electron chi connectivity index (χ4n) is 3.85. The van der Waals surface area contributed by atoms with Gasteiger partial charge in [-0.1, -0.05) is 56.3 Å². The molecule has 0 spiro atoms. The molecule has 2 aromatic carbocycles. The summed E-state index contributed by atoms with van der Waals surface area (Å²) < 4.78 is 4.67. The topological polar surface area (TPSA) is 61.8 Å². The number of hydrogen-bond acceptors (Lipinski definition) is 3. The molecule has 0 radical (unpaired) electrons. The van der Waals surface area contributed by atoms with Crippen molar-refractivity contribution in [2.75, 3.05) is 0 Å². The van der Waals surface area contributed by atoms with Crippen LogP contribution in [0.4, 0.5) is 0 Å². The molecular weight excluding hydrogens is 376 g/mol. The van der Waals surface area contributed by atoms with Crippen LogP contribution in [0.5, 0.6) is 0 Å². The van der Waals surface area contributed by atoms with Gasteiger partial charge in [0, 0.05) is 6.54 Å². The van der Waals surface area contributed by atoms with Gasteiger partial charge in [-0.05, 0) is 43.0 Å². The number of benzene rings is 2. The molecule has 2 heterocycles. The Morgan fingerprint density at radius 3 is 2.17 bits per heavy atom. The van der Waals surface area contributed by atoms with Gasteiger partial charge >= 0.3 is 5.69 Å². The van der Waals surface area contributed by atoms with E-state index in [4.69, 9.17) is 0 Å². The molecule has 0 saturated carbocycles. The first kappa shape index (κ1) is 19.9. The average molecular weight is 402 g/mol. The molecule has 6 heteroatoms. The number of rotatable bonds is 5. The standard InChI is InChI=1S/C24H26N4O2/c1-5-26-23(29)21-22(25-15-27(21)17(4)19-9-7-6-8-10-19)28(24(26)30)20-13-11-18(12-14-20)16(2)3/h6-17H,5H2,1-4H3/t17-/m1/s1. The van der Waals surface area contributed by atoms with E-state index < -0.39 is 0 Å². The van der Waals surface area contributed by atoms with Crippen LogP contribution in [0.1, 0.15) is 50.8 Å². The number of nitrogens with zero attached hydrogens (tertiary/aromatic N) is 4. The Balaban J connectivity index is 1.99. The molecule has 0 fully saturated rings. The summed E-state index contributed by atoms with van der Waals surface area (Å²) in [7, 11) is 0. The lowest BCUT2D eigenvalue weighted by Gasteiger charge is -2.16.